The monoisotopic (exact) mass is 260 g/mol. The minimum absolute atomic E-state index is 0.194. The van der Waals surface area contributed by atoms with Crippen LogP contribution in [0.1, 0.15) is 11.1 Å². The van der Waals surface area contributed by atoms with Crippen molar-refractivity contribution in [1.82, 2.24) is 0 Å². The number of aliphatic carboxylic acids is 1. The predicted molar refractivity (Wildman–Crippen MR) is 53.5 cm³/mol. The highest BCUT2D eigenvalue weighted by atomic mass is 79.9. The van der Waals surface area contributed by atoms with Gasteiger partial charge in [0.25, 0.3) is 0 Å². The topological polar surface area (TPSA) is 77.8 Å². The van der Waals surface area contributed by atoms with E-state index in [2.05, 4.69) is 15.9 Å². The predicted octanol–water partition coefficient (Wildman–Crippen LogP) is 1.80. The molecule has 0 heterocycles. The normalized spacial score (nSPS) is 10.1. The molecule has 0 aromatic heterocycles. The molecule has 0 aliphatic rings. The summed E-state index contributed by atoms with van der Waals surface area (Å²) in [7, 11) is 0. The summed E-state index contributed by atoms with van der Waals surface area (Å²) in [5.74, 6) is -1.57. The number of phenolic OH excluding ortho intramolecular Hbond substituents is 2. The van der Waals surface area contributed by atoms with Gasteiger partial charge in [-0.2, -0.15) is 0 Å². The lowest BCUT2D eigenvalue weighted by molar-refractivity contribution is -0.136. The van der Waals surface area contributed by atoms with Crippen LogP contribution in [0.25, 0.3) is 0 Å². The van der Waals surface area contributed by atoms with E-state index in [1.807, 2.05) is 0 Å². The van der Waals surface area contributed by atoms with Crippen molar-refractivity contribution < 1.29 is 20.1 Å². The largest absolute Gasteiger partial charge is 0.504 e. The van der Waals surface area contributed by atoms with E-state index in [-0.39, 0.29) is 22.4 Å². The van der Waals surface area contributed by atoms with Gasteiger partial charge in [-0.15, -0.1) is 0 Å². The SMILES string of the molecule is Cc1cc(O)c(O)c(Br)c1CC(=O)O. The molecular weight excluding hydrogens is 252 g/mol. The summed E-state index contributed by atoms with van der Waals surface area (Å²) in [5.41, 5.74) is 1.09. The minimum Gasteiger partial charge on any atom is -0.504 e. The van der Waals surface area contributed by atoms with Crippen LogP contribution < -0.4 is 0 Å². The van der Waals surface area contributed by atoms with E-state index in [4.69, 9.17) is 5.11 Å². The molecule has 1 aromatic carbocycles. The molecule has 0 fully saturated rings. The lowest BCUT2D eigenvalue weighted by Crippen LogP contribution is -2.03. The first-order valence-corrected chi connectivity index (χ1v) is 4.64. The number of halogens is 1. The van der Waals surface area contributed by atoms with Crippen molar-refractivity contribution in [2.75, 3.05) is 0 Å². The third kappa shape index (κ3) is 1.98. The molecule has 0 atom stereocenters. The summed E-state index contributed by atoms with van der Waals surface area (Å²) >= 11 is 3.04. The maximum Gasteiger partial charge on any atom is 0.307 e. The van der Waals surface area contributed by atoms with E-state index < -0.39 is 5.97 Å². The molecule has 0 radical (unpaired) electrons. The number of benzene rings is 1. The fourth-order valence-corrected chi connectivity index (χ4v) is 1.81. The molecule has 0 spiro atoms. The summed E-state index contributed by atoms with van der Waals surface area (Å²) in [5, 5.41) is 27.2. The molecule has 76 valence electrons. The van der Waals surface area contributed by atoms with Gasteiger partial charge in [0.2, 0.25) is 0 Å². The van der Waals surface area contributed by atoms with E-state index >= 15 is 0 Å². The molecule has 0 amide bonds. The number of aromatic hydroxyl groups is 2. The number of hydrogen-bond donors (Lipinski definition) is 3. The zero-order valence-electron chi connectivity index (χ0n) is 7.41. The number of phenols is 2. The van der Waals surface area contributed by atoms with Crippen molar-refractivity contribution in [2.45, 2.75) is 13.3 Å². The second kappa shape index (κ2) is 3.88. The van der Waals surface area contributed by atoms with Crippen molar-refractivity contribution in [3.63, 3.8) is 0 Å². The zero-order chi connectivity index (χ0) is 10.9. The number of carboxylic acids is 1. The Morgan fingerprint density at radius 1 is 1.50 bits per heavy atom. The lowest BCUT2D eigenvalue weighted by Gasteiger charge is -2.09. The number of rotatable bonds is 2. The summed E-state index contributed by atoms with van der Waals surface area (Å²) in [4.78, 5) is 10.5. The van der Waals surface area contributed by atoms with Crippen LogP contribution in [0.4, 0.5) is 0 Å². The van der Waals surface area contributed by atoms with Crippen molar-refractivity contribution in [1.29, 1.82) is 0 Å². The quantitative estimate of drug-likeness (QED) is 0.709. The van der Waals surface area contributed by atoms with E-state index in [1.54, 1.807) is 6.92 Å². The first-order valence-electron chi connectivity index (χ1n) is 3.85. The van der Waals surface area contributed by atoms with Crippen LogP contribution >= 0.6 is 15.9 Å². The number of carboxylic acid groups (broad SMARTS) is 1. The van der Waals surface area contributed by atoms with Crippen LogP contribution in [0.15, 0.2) is 10.5 Å². The molecule has 14 heavy (non-hydrogen) atoms. The molecule has 1 rings (SSSR count). The molecule has 3 N–H and O–H groups in total. The summed E-state index contributed by atoms with van der Waals surface area (Å²) in [6, 6.07) is 1.33. The van der Waals surface area contributed by atoms with Gasteiger partial charge in [-0.3, -0.25) is 4.79 Å². The van der Waals surface area contributed by atoms with Crippen molar-refractivity contribution in [3.8, 4) is 11.5 Å². The average Bonchev–Trinajstić information content (AvgIpc) is 2.09. The third-order valence-electron chi connectivity index (χ3n) is 1.87. The fourth-order valence-electron chi connectivity index (χ4n) is 1.16. The lowest BCUT2D eigenvalue weighted by atomic mass is 10.0. The molecule has 0 aliphatic carbocycles. The van der Waals surface area contributed by atoms with Gasteiger partial charge < -0.3 is 15.3 Å². The molecule has 0 aliphatic heterocycles. The maximum atomic E-state index is 10.5. The Balaban J connectivity index is 3.29. The highest BCUT2D eigenvalue weighted by Crippen LogP contribution is 2.38. The van der Waals surface area contributed by atoms with E-state index in [1.165, 1.54) is 6.07 Å². The standard InChI is InChI=1S/C9H9BrO4/c1-4-2-6(11)9(14)8(10)5(4)3-7(12)13/h2,11,14H,3H2,1H3,(H,12,13). The van der Waals surface area contributed by atoms with Crippen LogP contribution in [0.2, 0.25) is 0 Å². The van der Waals surface area contributed by atoms with Crippen molar-refractivity contribution in [2.24, 2.45) is 0 Å². The minimum atomic E-state index is -0.987. The first kappa shape index (κ1) is 10.8. The molecule has 4 nitrogen and oxygen atoms in total. The first-order chi connectivity index (χ1) is 6.43. The van der Waals surface area contributed by atoms with Gasteiger partial charge in [-0.05, 0) is 40.0 Å². The Hall–Kier alpha value is -1.23. The molecule has 5 heteroatoms. The smallest absolute Gasteiger partial charge is 0.307 e. The van der Waals surface area contributed by atoms with Crippen LogP contribution in [0.5, 0.6) is 11.5 Å². The van der Waals surface area contributed by atoms with E-state index in [0.29, 0.717) is 11.1 Å². The second-order valence-electron chi connectivity index (χ2n) is 2.92. The summed E-state index contributed by atoms with van der Waals surface area (Å²) in [6.45, 7) is 1.67. The third-order valence-corrected chi connectivity index (χ3v) is 2.73. The number of carbonyl (C=O) groups is 1. The van der Waals surface area contributed by atoms with Gasteiger partial charge in [-0.25, -0.2) is 0 Å². The molecular formula is C9H9BrO4. The zero-order valence-corrected chi connectivity index (χ0v) is 9.00. The maximum absolute atomic E-state index is 10.5. The highest BCUT2D eigenvalue weighted by molar-refractivity contribution is 9.10. The summed E-state index contributed by atoms with van der Waals surface area (Å²) in [6.07, 6.45) is -0.194. The van der Waals surface area contributed by atoms with Crippen molar-refractivity contribution >= 4 is 21.9 Å². The molecule has 0 saturated carbocycles. The van der Waals surface area contributed by atoms with Gasteiger partial charge in [0.15, 0.2) is 11.5 Å². The summed E-state index contributed by atoms with van der Waals surface area (Å²) < 4.78 is 0.234. The van der Waals surface area contributed by atoms with E-state index in [9.17, 15) is 15.0 Å². The molecule has 0 saturated heterocycles. The Morgan fingerprint density at radius 2 is 2.07 bits per heavy atom. The Labute approximate surface area is 88.9 Å². The van der Waals surface area contributed by atoms with E-state index in [0.717, 1.165) is 0 Å². The van der Waals surface area contributed by atoms with Gasteiger partial charge in [0.05, 0.1) is 10.9 Å². The highest BCUT2D eigenvalue weighted by Gasteiger charge is 2.15. The molecule has 1 aromatic rings. The fraction of sp³-hybridized carbons (Fsp3) is 0.222. The Morgan fingerprint density at radius 3 is 2.57 bits per heavy atom. The second-order valence-corrected chi connectivity index (χ2v) is 3.72. The molecule has 0 unspecified atom stereocenters. The van der Waals surface area contributed by atoms with Crippen LogP contribution in [0.3, 0.4) is 0 Å². The van der Waals surface area contributed by atoms with Crippen molar-refractivity contribution in [3.05, 3.63) is 21.7 Å². The van der Waals surface area contributed by atoms with Crippen LogP contribution in [-0.2, 0) is 11.2 Å². The van der Waals surface area contributed by atoms with Gasteiger partial charge >= 0.3 is 5.97 Å². The van der Waals surface area contributed by atoms with Crippen LogP contribution in [0, 0.1) is 6.92 Å². The van der Waals surface area contributed by atoms with Gasteiger partial charge in [-0.1, -0.05) is 0 Å². The van der Waals surface area contributed by atoms with Gasteiger partial charge in [0.1, 0.15) is 0 Å². The Kier molecular flexibility index (Phi) is 3.00. The number of hydrogen-bond acceptors (Lipinski definition) is 3. The number of aryl methyl sites for hydroxylation is 1. The molecule has 0 bridgehead atoms. The average molecular weight is 261 g/mol. The Bertz CT molecular complexity index is 387. The van der Waals surface area contributed by atoms with Gasteiger partial charge in [0, 0.05) is 0 Å². The van der Waals surface area contributed by atoms with Crippen LogP contribution in [-0.4, -0.2) is 21.3 Å².